The van der Waals surface area contributed by atoms with Gasteiger partial charge in [0.25, 0.3) is 0 Å². The number of aromatic nitrogens is 2. The van der Waals surface area contributed by atoms with Crippen molar-refractivity contribution in [3.05, 3.63) is 16.6 Å². The van der Waals surface area contributed by atoms with Crippen LogP contribution in [-0.4, -0.2) is 5.16 Å². The molecule has 0 saturated heterocycles. The first-order chi connectivity index (χ1) is 14.7. The van der Waals surface area contributed by atoms with Crippen molar-refractivity contribution in [1.29, 1.82) is 0 Å². The topological polar surface area (TPSA) is 53.0 Å². The summed E-state index contributed by atoms with van der Waals surface area (Å²) in [7, 11) is 0. The third-order valence-corrected chi connectivity index (χ3v) is 11.0. The smallest absolute Gasteiger partial charge is 0.221 e. The van der Waals surface area contributed by atoms with Crippen molar-refractivity contribution in [2.45, 2.75) is 105 Å². The van der Waals surface area contributed by atoms with Gasteiger partial charge in [0, 0.05) is 18.0 Å². The van der Waals surface area contributed by atoms with Crippen molar-refractivity contribution in [2.75, 3.05) is 0 Å². The van der Waals surface area contributed by atoms with Crippen molar-refractivity contribution in [1.82, 2.24) is 5.16 Å². The molecule has 0 unspecified atom stereocenters. The Morgan fingerprint density at radius 2 is 1.81 bits per heavy atom. The second kappa shape index (κ2) is 7.76. The molecule has 3 saturated carbocycles. The summed E-state index contributed by atoms with van der Waals surface area (Å²) in [6.07, 6.45) is 14.4. The van der Waals surface area contributed by atoms with Gasteiger partial charge in [0.05, 0.1) is 0 Å². The van der Waals surface area contributed by atoms with E-state index in [1.807, 2.05) is 0 Å². The van der Waals surface area contributed by atoms with Crippen LogP contribution in [0.4, 0.5) is 0 Å². The van der Waals surface area contributed by atoms with Crippen LogP contribution in [0.15, 0.2) is 4.63 Å². The summed E-state index contributed by atoms with van der Waals surface area (Å²) in [4.78, 5) is 0.706. The van der Waals surface area contributed by atoms with Crippen molar-refractivity contribution in [3.63, 3.8) is 0 Å². The molecule has 1 aromatic heterocycles. The Balaban J connectivity index is 1.34. The molecular weight excluding hydrogens is 384 g/mol. The lowest BCUT2D eigenvalue weighted by atomic mass is 9.44. The van der Waals surface area contributed by atoms with Gasteiger partial charge in [0.15, 0.2) is 5.69 Å². The van der Waals surface area contributed by atoms with Crippen LogP contribution in [0.2, 0.25) is 0 Å². The summed E-state index contributed by atoms with van der Waals surface area (Å²) in [6.45, 7) is 12.5. The van der Waals surface area contributed by atoms with Crippen LogP contribution in [0, 0.1) is 57.5 Å². The molecule has 4 aliphatic rings. The van der Waals surface area contributed by atoms with E-state index in [0.717, 1.165) is 59.7 Å². The van der Waals surface area contributed by atoms with Gasteiger partial charge in [-0.05, 0) is 95.7 Å². The lowest BCUT2D eigenvalue weighted by Crippen LogP contribution is -2.55. The predicted molar refractivity (Wildman–Crippen MR) is 122 cm³/mol. The van der Waals surface area contributed by atoms with Gasteiger partial charge in [-0.25, -0.2) is 0 Å². The Kier molecular flexibility index (Phi) is 5.45. The standard InChI is InChI=1S/C27H44N2O2/c1-17(2)7-6-8-18(3)21-11-12-22-20-10-9-19-15-24-25(29(30)31-28-24)16-27(19,5)23(20)13-14-26(21,22)4/h17-23H,6-16H2,1-5H3/t18-,19+,20-,21+,22+,23-,26-,27+/m1/s1. The largest absolute Gasteiger partial charge is 0.359 e. The van der Waals surface area contributed by atoms with Crippen LogP contribution < -0.4 is 4.90 Å². The minimum atomic E-state index is 0.246. The second-order valence-electron chi connectivity index (χ2n) is 12.9. The van der Waals surface area contributed by atoms with E-state index in [2.05, 4.69) is 39.8 Å². The molecule has 4 aliphatic carbocycles. The predicted octanol–water partition coefficient (Wildman–Crippen LogP) is 6.34. The van der Waals surface area contributed by atoms with Crippen molar-refractivity contribution >= 4 is 0 Å². The quantitative estimate of drug-likeness (QED) is 0.514. The van der Waals surface area contributed by atoms with Gasteiger partial charge in [-0.3, -0.25) is 4.63 Å². The molecule has 31 heavy (non-hydrogen) atoms. The van der Waals surface area contributed by atoms with Gasteiger partial charge >= 0.3 is 0 Å². The summed E-state index contributed by atoms with van der Waals surface area (Å²) < 4.78 is 4.99. The van der Waals surface area contributed by atoms with Crippen molar-refractivity contribution in [2.24, 2.45) is 52.3 Å². The number of nitrogens with zero attached hydrogens (tertiary/aromatic N) is 2. The molecule has 3 fully saturated rings. The molecular formula is C27H44N2O2. The third kappa shape index (κ3) is 3.37. The maximum Gasteiger partial charge on any atom is 0.221 e. The number of hydrogen-bond acceptors (Lipinski definition) is 3. The van der Waals surface area contributed by atoms with E-state index in [9.17, 15) is 5.21 Å². The Morgan fingerprint density at radius 3 is 2.58 bits per heavy atom. The monoisotopic (exact) mass is 428 g/mol. The normalized spacial score (nSPS) is 42.6. The maximum atomic E-state index is 12.2. The van der Waals surface area contributed by atoms with E-state index in [-0.39, 0.29) is 5.41 Å². The molecule has 5 rings (SSSR count). The zero-order valence-electron chi connectivity index (χ0n) is 20.5. The van der Waals surface area contributed by atoms with E-state index in [1.165, 1.54) is 57.8 Å². The van der Waals surface area contributed by atoms with Crippen LogP contribution in [0.3, 0.4) is 0 Å². The number of fused-ring (bicyclic) bond motifs is 6. The molecule has 1 aromatic rings. The summed E-state index contributed by atoms with van der Waals surface area (Å²) in [6, 6.07) is 0. The van der Waals surface area contributed by atoms with Crippen molar-refractivity contribution < 1.29 is 9.53 Å². The average Bonchev–Trinajstić information content (AvgIpc) is 3.25. The van der Waals surface area contributed by atoms with E-state index in [0.29, 0.717) is 16.2 Å². The highest BCUT2D eigenvalue weighted by molar-refractivity contribution is 5.19. The highest BCUT2D eigenvalue weighted by Crippen LogP contribution is 2.67. The van der Waals surface area contributed by atoms with Gasteiger partial charge < -0.3 is 5.21 Å². The Morgan fingerprint density at radius 1 is 1.03 bits per heavy atom. The lowest BCUT2D eigenvalue weighted by Gasteiger charge is -2.60. The third-order valence-electron chi connectivity index (χ3n) is 11.0. The Labute approximate surface area is 189 Å². The highest BCUT2D eigenvalue weighted by atomic mass is 16.8. The first-order valence-corrected chi connectivity index (χ1v) is 13.3. The summed E-state index contributed by atoms with van der Waals surface area (Å²) in [5.74, 6) is 5.80. The van der Waals surface area contributed by atoms with Gasteiger partial charge in [0.1, 0.15) is 0 Å². The molecule has 8 atom stereocenters. The van der Waals surface area contributed by atoms with Gasteiger partial charge in [-0.2, -0.15) is 0 Å². The SMILES string of the molecule is CC(C)CCC[C@@H](C)[C@@H]1CC[C@H]2[C@H]3CC[C@H]4Cc5no[n+]([O-])c5C[C@]4(C)[C@@H]3CC[C@@]21C. The van der Waals surface area contributed by atoms with Crippen molar-refractivity contribution in [3.8, 4) is 0 Å². The fourth-order valence-electron chi connectivity index (χ4n) is 9.38. The molecule has 4 heteroatoms. The van der Waals surface area contributed by atoms with E-state index < -0.39 is 0 Å². The average molecular weight is 429 g/mol. The summed E-state index contributed by atoms with van der Waals surface area (Å²) >= 11 is 0. The minimum absolute atomic E-state index is 0.246. The van der Waals surface area contributed by atoms with Crippen LogP contribution in [0.25, 0.3) is 0 Å². The van der Waals surface area contributed by atoms with E-state index in [1.54, 1.807) is 0 Å². The van der Waals surface area contributed by atoms with Crippen LogP contribution in [0.5, 0.6) is 0 Å². The number of hydrogen-bond donors (Lipinski definition) is 0. The first kappa shape index (κ1) is 21.8. The van der Waals surface area contributed by atoms with Crippen LogP contribution in [0.1, 0.15) is 104 Å². The van der Waals surface area contributed by atoms with E-state index >= 15 is 0 Å². The highest BCUT2D eigenvalue weighted by Gasteiger charge is 2.61. The lowest BCUT2D eigenvalue weighted by molar-refractivity contribution is -0.808. The van der Waals surface area contributed by atoms with Gasteiger partial charge in [-0.1, -0.05) is 53.9 Å². The number of rotatable bonds is 5. The summed E-state index contributed by atoms with van der Waals surface area (Å²) in [5.41, 5.74) is 2.55. The van der Waals surface area contributed by atoms with Crippen LogP contribution in [-0.2, 0) is 12.8 Å². The molecule has 0 amide bonds. The molecule has 0 N–H and O–H groups in total. The molecule has 0 aromatic carbocycles. The molecule has 0 aliphatic heterocycles. The first-order valence-electron chi connectivity index (χ1n) is 13.3. The maximum absolute atomic E-state index is 12.2. The molecule has 0 spiro atoms. The molecule has 0 radical (unpaired) electrons. The molecule has 4 nitrogen and oxygen atoms in total. The second-order valence-corrected chi connectivity index (χ2v) is 12.9. The van der Waals surface area contributed by atoms with Gasteiger partial charge in [-0.15, -0.1) is 0 Å². The minimum Gasteiger partial charge on any atom is -0.359 e. The summed E-state index contributed by atoms with van der Waals surface area (Å²) in [5, 5.41) is 16.3. The van der Waals surface area contributed by atoms with Crippen LogP contribution >= 0.6 is 0 Å². The molecule has 1 heterocycles. The fraction of sp³-hybridized carbons (Fsp3) is 0.926. The Bertz CT molecular complexity index is 803. The van der Waals surface area contributed by atoms with Gasteiger partial charge in [0.2, 0.25) is 5.69 Å². The molecule has 0 bridgehead atoms. The molecule has 174 valence electrons. The zero-order valence-corrected chi connectivity index (χ0v) is 20.5. The Hall–Kier alpha value is -1.06. The van der Waals surface area contributed by atoms with E-state index in [4.69, 9.17) is 4.63 Å². The fourth-order valence-corrected chi connectivity index (χ4v) is 9.38. The zero-order chi connectivity index (χ0) is 22.0.